The summed E-state index contributed by atoms with van der Waals surface area (Å²) in [5, 5.41) is 0. The number of hydrogen-bond acceptors (Lipinski definition) is 4. The molecule has 6 heteroatoms. The van der Waals surface area contributed by atoms with Crippen LogP contribution >= 0.6 is 0 Å². The number of para-hydroxylation sites is 2. The van der Waals surface area contributed by atoms with Gasteiger partial charge in [0, 0.05) is 12.1 Å². The van der Waals surface area contributed by atoms with E-state index in [0.717, 1.165) is 37.1 Å². The molecule has 6 nitrogen and oxygen atoms in total. The number of carbonyl (C=O) groups is 2. The van der Waals surface area contributed by atoms with E-state index in [4.69, 9.17) is 4.74 Å². The van der Waals surface area contributed by atoms with Gasteiger partial charge in [-0.3, -0.25) is 9.36 Å². The first-order chi connectivity index (χ1) is 13.1. The van der Waals surface area contributed by atoms with Crippen LogP contribution in [0.3, 0.4) is 0 Å². The number of ether oxygens (including phenoxy) is 1. The molecule has 0 bridgehead atoms. The second kappa shape index (κ2) is 8.37. The summed E-state index contributed by atoms with van der Waals surface area (Å²) in [4.78, 5) is 31.6. The fraction of sp³-hybridized carbons (Fsp3) is 0.476. The Kier molecular flexibility index (Phi) is 5.94. The lowest BCUT2D eigenvalue weighted by atomic mass is 9.97. The van der Waals surface area contributed by atoms with Crippen molar-refractivity contribution in [2.75, 3.05) is 11.5 Å². The maximum absolute atomic E-state index is 13.2. The van der Waals surface area contributed by atoms with Gasteiger partial charge in [-0.1, -0.05) is 38.8 Å². The molecule has 1 atom stereocenters. The maximum Gasteiger partial charge on any atom is 0.358 e. The van der Waals surface area contributed by atoms with Crippen LogP contribution in [-0.2, 0) is 16.1 Å². The Labute approximate surface area is 160 Å². The number of hydrogen-bond donors (Lipinski definition) is 0. The Morgan fingerprint density at radius 3 is 2.59 bits per heavy atom. The van der Waals surface area contributed by atoms with Gasteiger partial charge in [0.05, 0.1) is 24.5 Å². The summed E-state index contributed by atoms with van der Waals surface area (Å²) in [5.41, 5.74) is 1.99. The van der Waals surface area contributed by atoms with Crippen LogP contribution in [0, 0.1) is 5.92 Å². The van der Waals surface area contributed by atoms with E-state index in [9.17, 15) is 9.59 Å². The standard InChI is InChI=1S/C21H27N3O3/c1-4-7-10-15(5-2)20(25)24-14-19-22-16(21(26)27-6-3)13-23(19)17-11-8-9-12-18(17)24/h8-9,11-13,15H,4-7,10,14H2,1-3H3. The van der Waals surface area contributed by atoms with E-state index in [1.54, 1.807) is 13.1 Å². The molecule has 0 N–H and O–H groups in total. The number of unbranched alkanes of at least 4 members (excludes halogenated alkanes) is 1. The third-order valence-electron chi connectivity index (χ3n) is 5.01. The highest BCUT2D eigenvalue weighted by Gasteiger charge is 2.31. The van der Waals surface area contributed by atoms with Crippen LogP contribution in [0.25, 0.3) is 5.69 Å². The Hall–Kier alpha value is -2.63. The fourth-order valence-corrected chi connectivity index (χ4v) is 3.53. The minimum atomic E-state index is -0.441. The average Bonchev–Trinajstić information content (AvgIpc) is 3.12. The van der Waals surface area contributed by atoms with E-state index < -0.39 is 5.97 Å². The van der Waals surface area contributed by atoms with Crippen molar-refractivity contribution in [1.29, 1.82) is 0 Å². The van der Waals surface area contributed by atoms with Crippen molar-refractivity contribution < 1.29 is 14.3 Å². The maximum atomic E-state index is 13.2. The molecule has 2 aromatic rings. The Balaban J connectivity index is 1.96. The molecule has 27 heavy (non-hydrogen) atoms. The van der Waals surface area contributed by atoms with Crippen LogP contribution in [0.2, 0.25) is 0 Å². The lowest BCUT2D eigenvalue weighted by Gasteiger charge is -2.32. The third-order valence-corrected chi connectivity index (χ3v) is 5.01. The predicted octanol–water partition coefficient (Wildman–Crippen LogP) is 4.11. The first-order valence-corrected chi connectivity index (χ1v) is 9.76. The number of benzene rings is 1. The first-order valence-electron chi connectivity index (χ1n) is 9.76. The zero-order chi connectivity index (χ0) is 19.4. The molecule has 0 saturated carbocycles. The molecule has 1 aliphatic heterocycles. The lowest BCUT2D eigenvalue weighted by molar-refractivity contribution is -0.123. The Morgan fingerprint density at radius 1 is 1.19 bits per heavy atom. The summed E-state index contributed by atoms with van der Waals surface area (Å²) in [6.07, 6.45) is 5.53. The van der Waals surface area contributed by atoms with Crippen LogP contribution in [0.1, 0.15) is 62.8 Å². The Morgan fingerprint density at radius 2 is 1.93 bits per heavy atom. The van der Waals surface area contributed by atoms with E-state index >= 15 is 0 Å². The number of nitrogens with zero attached hydrogens (tertiary/aromatic N) is 3. The van der Waals surface area contributed by atoms with Gasteiger partial charge < -0.3 is 9.64 Å². The van der Waals surface area contributed by atoms with Crippen molar-refractivity contribution in [1.82, 2.24) is 9.55 Å². The summed E-state index contributed by atoms with van der Waals surface area (Å²) in [6, 6.07) is 7.75. The van der Waals surface area contributed by atoms with Gasteiger partial charge in [-0.25, -0.2) is 9.78 Å². The summed E-state index contributed by atoms with van der Waals surface area (Å²) in [6.45, 7) is 6.63. The van der Waals surface area contributed by atoms with Gasteiger partial charge in [0.15, 0.2) is 5.69 Å². The number of fused-ring (bicyclic) bond motifs is 3. The third kappa shape index (κ3) is 3.75. The van der Waals surface area contributed by atoms with Crippen molar-refractivity contribution in [3.63, 3.8) is 0 Å². The molecule has 1 aromatic carbocycles. The molecule has 0 saturated heterocycles. The molecule has 2 heterocycles. The molecule has 0 fully saturated rings. The molecule has 1 amide bonds. The molecule has 1 aromatic heterocycles. The van der Waals surface area contributed by atoms with Crippen molar-refractivity contribution in [2.24, 2.45) is 5.92 Å². The molecular formula is C21H27N3O3. The number of esters is 1. The minimum Gasteiger partial charge on any atom is -0.461 e. The number of aromatic nitrogens is 2. The van der Waals surface area contributed by atoms with Crippen LogP contribution in [0.5, 0.6) is 0 Å². The fourth-order valence-electron chi connectivity index (χ4n) is 3.53. The molecule has 0 radical (unpaired) electrons. The number of carbonyl (C=O) groups excluding carboxylic acids is 2. The number of amides is 1. The number of imidazole rings is 1. The second-order valence-electron chi connectivity index (χ2n) is 6.79. The second-order valence-corrected chi connectivity index (χ2v) is 6.79. The van der Waals surface area contributed by atoms with Crippen molar-refractivity contribution in [2.45, 2.75) is 53.0 Å². The zero-order valence-electron chi connectivity index (χ0n) is 16.3. The van der Waals surface area contributed by atoms with Crippen LogP contribution in [-0.4, -0.2) is 28.0 Å². The van der Waals surface area contributed by atoms with E-state index in [0.29, 0.717) is 19.0 Å². The molecule has 3 rings (SSSR count). The largest absolute Gasteiger partial charge is 0.461 e. The highest BCUT2D eigenvalue weighted by Crippen LogP contribution is 2.34. The highest BCUT2D eigenvalue weighted by atomic mass is 16.5. The smallest absolute Gasteiger partial charge is 0.358 e. The van der Waals surface area contributed by atoms with E-state index in [1.807, 2.05) is 33.7 Å². The lowest BCUT2D eigenvalue weighted by Crippen LogP contribution is -2.39. The van der Waals surface area contributed by atoms with E-state index in [2.05, 4.69) is 18.8 Å². The molecule has 1 unspecified atom stereocenters. The monoisotopic (exact) mass is 369 g/mol. The minimum absolute atomic E-state index is 0.00375. The van der Waals surface area contributed by atoms with E-state index in [-0.39, 0.29) is 17.5 Å². The molecule has 0 aliphatic carbocycles. The summed E-state index contributed by atoms with van der Waals surface area (Å²) < 4.78 is 6.96. The van der Waals surface area contributed by atoms with Crippen molar-refractivity contribution in [3.05, 3.63) is 42.0 Å². The zero-order valence-corrected chi connectivity index (χ0v) is 16.3. The van der Waals surface area contributed by atoms with Gasteiger partial charge in [-0.15, -0.1) is 0 Å². The predicted molar refractivity (Wildman–Crippen MR) is 104 cm³/mol. The summed E-state index contributed by atoms with van der Waals surface area (Å²) >= 11 is 0. The number of anilines is 1. The topological polar surface area (TPSA) is 64.4 Å². The van der Waals surface area contributed by atoms with Crippen molar-refractivity contribution in [3.8, 4) is 5.69 Å². The van der Waals surface area contributed by atoms with Gasteiger partial charge in [0.1, 0.15) is 5.82 Å². The SMILES string of the molecule is CCCCC(CC)C(=O)N1Cc2nc(C(=O)OCC)cn2-c2ccccc21. The molecular weight excluding hydrogens is 342 g/mol. The normalized spacial score (nSPS) is 13.7. The number of rotatable bonds is 7. The van der Waals surface area contributed by atoms with Gasteiger partial charge in [0.25, 0.3) is 0 Å². The van der Waals surface area contributed by atoms with Gasteiger partial charge in [0.2, 0.25) is 5.91 Å². The molecule has 1 aliphatic rings. The van der Waals surface area contributed by atoms with Crippen LogP contribution in [0.4, 0.5) is 5.69 Å². The summed E-state index contributed by atoms with van der Waals surface area (Å²) in [7, 11) is 0. The van der Waals surface area contributed by atoms with Crippen LogP contribution in [0.15, 0.2) is 30.5 Å². The van der Waals surface area contributed by atoms with E-state index in [1.165, 1.54) is 0 Å². The first kappa shape index (κ1) is 19.1. The molecule has 144 valence electrons. The van der Waals surface area contributed by atoms with Gasteiger partial charge >= 0.3 is 5.97 Å². The quantitative estimate of drug-likeness (QED) is 0.689. The Bertz CT molecular complexity index is 828. The average molecular weight is 369 g/mol. The summed E-state index contributed by atoms with van der Waals surface area (Å²) in [5.74, 6) is 0.369. The van der Waals surface area contributed by atoms with Crippen LogP contribution < -0.4 is 4.90 Å². The highest BCUT2D eigenvalue weighted by molar-refractivity contribution is 5.97. The molecule has 0 spiro atoms. The van der Waals surface area contributed by atoms with Gasteiger partial charge in [-0.05, 0) is 31.9 Å². The van der Waals surface area contributed by atoms with Crippen molar-refractivity contribution >= 4 is 17.6 Å². The van der Waals surface area contributed by atoms with Gasteiger partial charge in [-0.2, -0.15) is 0 Å².